The molecule has 0 aromatic rings. The van der Waals surface area contributed by atoms with Gasteiger partial charge in [0.25, 0.3) is 0 Å². The lowest BCUT2D eigenvalue weighted by atomic mass is 10.2. The van der Waals surface area contributed by atoms with Crippen molar-refractivity contribution in [3.63, 3.8) is 0 Å². The number of likely N-dealkylation sites (N-methyl/N-ethyl adjacent to an activating group) is 2. The molecular formula is C19H28N4O5. The number of carbonyl (C=O) groups is 5. The molecule has 0 aliphatic carbocycles. The summed E-state index contributed by atoms with van der Waals surface area (Å²) in [6.07, 6.45) is 0. The monoisotopic (exact) mass is 392 g/mol. The first kappa shape index (κ1) is 23.1. The highest BCUT2D eigenvalue weighted by molar-refractivity contribution is 6.44. The van der Waals surface area contributed by atoms with Crippen LogP contribution in [0.1, 0.15) is 27.7 Å². The van der Waals surface area contributed by atoms with E-state index in [2.05, 4.69) is 13.2 Å². The lowest BCUT2D eigenvalue weighted by molar-refractivity contribution is -0.144. The van der Waals surface area contributed by atoms with Crippen LogP contribution in [0.5, 0.6) is 0 Å². The molecule has 0 aromatic heterocycles. The van der Waals surface area contributed by atoms with E-state index >= 15 is 0 Å². The molecule has 0 spiro atoms. The molecule has 6 amide bonds. The van der Waals surface area contributed by atoms with Crippen LogP contribution in [-0.2, 0) is 19.2 Å². The van der Waals surface area contributed by atoms with Gasteiger partial charge in [0.15, 0.2) is 0 Å². The molecule has 9 heteroatoms. The summed E-state index contributed by atoms with van der Waals surface area (Å²) in [6.45, 7) is 13.4. The normalized spacial score (nSPS) is 16.1. The van der Waals surface area contributed by atoms with E-state index in [1.807, 2.05) is 0 Å². The van der Waals surface area contributed by atoms with Crippen LogP contribution >= 0.6 is 0 Å². The molecule has 1 fully saturated rings. The standard InChI is InChI=1S/C19H28N4O5/c1-11(2)15(24)20(7)13(5)9-22-17(26)18(27)23(19(22)28)10-14(6)21(8)16(25)12(3)4/h13-14H,1,3,9-10H2,2,4-8H3. The summed E-state index contributed by atoms with van der Waals surface area (Å²) in [5, 5.41) is 0. The Morgan fingerprint density at radius 3 is 1.36 bits per heavy atom. The van der Waals surface area contributed by atoms with Crippen LogP contribution in [0.2, 0.25) is 0 Å². The van der Waals surface area contributed by atoms with Gasteiger partial charge in [-0.25, -0.2) is 4.79 Å². The Hall–Kier alpha value is -2.97. The largest absolute Gasteiger partial charge is 0.338 e. The third-order valence-corrected chi connectivity index (χ3v) is 4.72. The molecule has 1 aliphatic heterocycles. The van der Waals surface area contributed by atoms with Gasteiger partial charge in [-0.1, -0.05) is 13.2 Å². The third kappa shape index (κ3) is 4.65. The zero-order chi connectivity index (χ0) is 21.9. The van der Waals surface area contributed by atoms with Crippen molar-refractivity contribution in [2.45, 2.75) is 39.8 Å². The SMILES string of the molecule is C=C(C)C(=O)N(C)C(C)CN1C(=O)C(=O)N(CC(C)N(C)C(=O)C(=C)C)C1=O. The van der Waals surface area contributed by atoms with Crippen molar-refractivity contribution in [2.75, 3.05) is 27.2 Å². The summed E-state index contributed by atoms with van der Waals surface area (Å²) >= 11 is 0. The molecule has 0 bridgehead atoms. The van der Waals surface area contributed by atoms with Gasteiger partial charge in [-0.2, -0.15) is 0 Å². The highest BCUT2D eigenvalue weighted by atomic mass is 16.2. The molecule has 0 aromatic carbocycles. The van der Waals surface area contributed by atoms with Gasteiger partial charge in [0, 0.05) is 37.3 Å². The van der Waals surface area contributed by atoms with Crippen LogP contribution in [0.25, 0.3) is 0 Å². The summed E-state index contributed by atoms with van der Waals surface area (Å²) < 4.78 is 0. The fourth-order valence-corrected chi connectivity index (χ4v) is 2.65. The number of amides is 6. The molecule has 1 heterocycles. The molecular weight excluding hydrogens is 364 g/mol. The summed E-state index contributed by atoms with van der Waals surface area (Å²) in [7, 11) is 3.07. The van der Waals surface area contributed by atoms with E-state index in [9.17, 15) is 24.0 Å². The summed E-state index contributed by atoms with van der Waals surface area (Å²) in [5.74, 6) is -2.53. The minimum atomic E-state index is -0.950. The molecule has 2 unspecified atom stereocenters. The molecule has 0 N–H and O–H groups in total. The maximum absolute atomic E-state index is 12.6. The Balaban J connectivity index is 2.89. The maximum Gasteiger partial charge on any atom is 0.334 e. The highest BCUT2D eigenvalue weighted by Crippen LogP contribution is 2.16. The Morgan fingerprint density at radius 1 is 0.821 bits per heavy atom. The van der Waals surface area contributed by atoms with E-state index < -0.39 is 29.9 Å². The lowest BCUT2D eigenvalue weighted by Crippen LogP contribution is -2.47. The Bertz CT molecular complexity index is 685. The van der Waals surface area contributed by atoms with Crippen LogP contribution in [0.15, 0.2) is 24.3 Å². The quantitative estimate of drug-likeness (QED) is 0.343. The molecule has 28 heavy (non-hydrogen) atoms. The third-order valence-electron chi connectivity index (χ3n) is 4.72. The fraction of sp³-hybridized carbons (Fsp3) is 0.526. The molecule has 0 saturated carbocycles. The fourth-order valence-electron chi connectivity index (χ4n) is 2.65. The van der Waals surface area contributed by atoms with Crippen LogP contribution in [0.4, 0.5) is 4.79 Å². The highest BCUT2D eigenvalue weighted by Gasteiger charge is 2.46. The minimum Gasteiger partial charge on any atom is -0.338 e. The second kappa shape index (κ2) is 8.81. The van der Waals surface area contributed by atoms with Crippen LogP contribution in [0.3, 0.4) is 0 Å². The van der Waals surface area contributed by atoms with Crippen molar-refractivity contribution in [3.05, 3.63) is 24.3 Å². The van der Waals surface area contributed by atoms with E-state index in [0.717, 1.165) is 9.80 Å². The molecule has 2 atom stereocenters. The smallest absolute Gasteiger partial charge is 0.334 e. The van der Waals surface area contributed by atoms with Gasteiger partial charge >= 0.3 is 17.8 Å². The number of imide groups is 2. The molecule has 9 nitrogen and oxygen atoms in total. The number of hydrogen-bond donors (Lipinski definition) is 0. The zero-order valence-electron chi connectivity index (χ0n) is 17.3. The van der Waals surface area contributed by atoms with Gasteiger partial charge in [-0.15, -0.1) is 0 Å². The number of hydrogen-bond acceptors (Lipinski definition) is 5. The van der Waals surface area contributed by atoms with Crippen LogP contribution < -0.4 is 0 Å². The summed E-state index contributed by atoms with van der Waals surface area (Å²) in [4.78, 5) is 65.5. The second-order valence-corrected chi connectivity index (χ2v) is 7.20. The predicted molar refractivity (Wildman–Crippen MR) is 103 cm³/mol. The number of carbonyl (C=O) groups excluding carboxylic acids is 5. The van der Waals surface area contributed by atoms with E-state index in [0.29, 0.717) is 11.1 Å². The molecule has 0 radical (unpaired) electrons. The number of rotatable bonds is 8. The van der Waals surface area contributed by atoms with E-state index in [-0.39, 0.29) is 24.9 Å². The Labute approximate surface area is 165 Å². The molecule has 1 rings (SSSR count). The van der Waals surface area contributed by atoms with E-state index in [1.165, 1.54) is 23.9 Å². The summed E-state index contributed by atoms with van der Waals surface area (Å²) in [6, 6.07) is -1.77. The first-order valence-corrected chi connectivity index (χ1v) is 8.83. The lowest BCUT2D eigenvalue weighted by Gasteiger charge is -2.29. The molecule has 1 aliphatic rings. The first-order valence-electron chi connectivity index (χ1n) is 8.83. The average Bonchev–Trinajstić information content (AvgIpc) is 2.83. The Kier molecular flexibility index (Phi) is 7.26. The van der Waals surface area contributed by atoms with E-state index in [1.54, 1.807) is 27.7 Å². The van der Waals surface area contributed by atoms with Gasteiger partial charge in [0.1, 0.15) is 0 Å². The molecule has 154 valence electrons. The number of urea groups is 1. The van der Waals surface area contributed by atoms with Crippen molar-refractivity contribution in [2.24, 2.45) is 0 Å². The second-order valence-electron chi connectivity index (χ2n) is 7.20. The van der Waals surface area contributed by atoms with Crippen molar-refractivity contribution in [1.82, 2.24) is 19.6 Å². The van der Waals surface area contributed by atoms with Crippen molar-refractivity contribution >= 4 is 29.7 Å². The predicted octanol–water partition coefficient (Wildman–Crippen LogP) is 0.623. The average molecular weight is 392 g/mol. The van der Waals surface area contributed by atoms with E-state index in [4.69, 9.17) is 0 Å². The zero-order valence-corrected chi connectivity index (χ0v) is 17.3. The van der Waals surface area contributed by atoms with Gasteiger partial charge in [0.05, 0.1) is 13.1 Å². The minimum absolute atomic E-state index is 0.121. The Morgan fingerprint density at radius 2 is 1.11 bits per heavy atom. The topological polar surface area (TPSA) is 98.3 Å². The summed E-state index contributed by atoms with van der Waals surface area (Å²) in [5.41, 5.74) is 0.648. The van der Waals surface area contributed by atoms with Gasteiger partial charge < -0.3 is 9.80 Å². The maximum atomic E-state index is 12.6. The van der Waals surface area contributed by atoms with Crippen LogP contribution in [-0.4, -0.2) is 88.5 Å². The van der Waals surface area contributed by atoms with Gasteiger partial charge in [-0.3, -0.25) is 29.0 Å². The van der Waals surface area contributed by atoms with Crippen LogP contribution in [0, 0.1) is 0 Å². The molecule has 1 saturated heterocycles. The number of nitrogens with zero attached hydrogens (tertiary/aromatic N) is 4. The van der Waals surface area contributed by atoms with Crippen molar-refractivity contribution < 1.29 is 24.0 Å². The van der Waals surface area contributed by atoms with Gasteiger partial charge in [0.2, 0.25) is 11.8 Å². The van der Waals surface area contributed by atoms with Gasteiger partial charge in [-0.05, 0) is 27.7 Å². The van der Waals surface area contributed by atoms with Crippen molar-refractivity contribution in [3.8, 4) is 0 Å². The first-order chi connectivity index (χ1) is 12.8. The van der Waals surface area contributed by atoms with Crippen molar-refractivity contribution in [1.29, 1.82) is 0 Å².